The number of carbonyl (C=O) groups excluding carboxylic acids is 1. The zero-order valence-corrected chi connectivity index (χ0v) is 20.9. The third kappa shape index (κ3) is 5.83. The normalized spacial score (nSPS) is 17.7. The number of fused-ring (bicyclic) bond motifs is 1. The fraction of sp³-hybridized carbons (Fsp3) is 0.346. The molecule has 10 nitrogen and oxygen atoms in total. The molecule has 2 aliphatic heterocycles. The maximum Gasteiger partial charge on any atom is 0.493 e. The lowest BCUT2D eigenvalue weighted by molar-refractivity contribution is -0.203. The van der Waals surface area contributed by atoms with Crippen LogP contribution in [0.25, 0.3) is 0 Å². The second kappa shape index (κ2) is 11.3. The van der Waals surface area contributed by atoms with Gasteiger partial charge in [-0.25, -0.2) is 9.48 Å². The second-order valence-electron chi connectivity index (χ2n) is 9.02. The Morgan fingerprint density at radius 3 is 2.36 bits per heavy atom. The molecule has 3 heterocycles. The Labute approximate surface area is 222 Å². The Bertz CT molecular complexity index is 1330. The lowest BCUT2D eigenvalue weighted by Crippen LogP contribution is -2.60. The van der Waals surface area contributed by atoms with E-state index in [2.05, 4.69) is 10.4 Å². The summed E-state index contributed by atoms with van der Waals surface area (Å²) in [4.78, 5) is 34.2. The van der Waals surface area contributed by atoms with E-state index in [1.54, 1.807) is 17.0 Å². The van der Waals surface area contributed by atoms with Crippen molar-refractivity contribution < 1.29 is 27.5 Å². The summed E-state index contributed by atoms with van der Waals surface area (Å²) in [5.74, 6) is -1.75. The highest BCUT2D eigenvalue weighted by Crippen LogP contribution is 2.40. The summed E-state index contributed by atoms with van der Waals surface area (Å²) in [7, 11) is 0. The van der Waals surface area contributed by atoms with Gasteiger partial charge in [-0.2, -0.15) is 23.3 Å². The Morgan fingerprint density at radius 1 is 1.03 bits per heavy atom. The molecule has 2 aliphatic rings. The summed E-state index contributed by atoms with van der Waals surface area (Å²) in [5.41, 5.74) is 0.359. The van der Waals surface area contributed by atoms with Crippen LogP contribution in [-0.2, 0) is 22.7 Å². The van der Waals surface area contributed by atoms with Gasteiger partial charge in [-0.05, 0) is 17.7 Å². The number of carbonyl (C=O) groups is 1. The molecule has 0 bridgehead atoms. The first-order valence-electron chi connectivity index (χ1n) is 12.4. The van der Waals surface area contributed by atoms with Gasteiger partial charge in [-0.15, -0.1) is 0 Å². The molecule has 0 spiro atoms. The van der Waals surface area contributed by atoms with Crippen LogP contribution < -0.4 is 25.6 Å². The number of hydrogen-bond donors (Lipinski definition) is 1. The Balaban J connectivity index is 1.52. The molecule has 0 saturated carbocycles. The number of ether oxygens (including phenoxy) is 1. The summed E-state index contributed by atoms with van der Waals surface area (Å²) in [6.07, 6.45) is -4.96. The average Bonchev–Trinajstić information content (AvgIpc) is 3.24. The largest absolute Gasteiger partial charge is 0.493 e. The van der Waals surface area contributed by atoms with Crippen molar-refractivity contribution in [3.8, 4) is 5.75 Å². The van der Waals surface area contributed by atoms with Crippen molar-refractivity contribution in [1.82, 2.24) is 20.0 Å². The molecule has 39 heavy (non-hydrogen) atoms. The van der Waals surface area contributed by atoms with Crippen LogP contribution in [0.2, 0.25) is 0 Å². The van der Waals surface area contributed by atoms with E-state index in [1.807, 2.05) is 53.4 Å². The lowest BCUT2D eigenvalue weighted by atomic mass is 10.2. The minimum Gasteiger partial charge on any atom is -0.492 e. The first kappa shape index (κ1) is 26.5. The van der Waals surface area contributed by atoms with Crippen molar-refractivity contribution >= 4 is 17.3 Å². The molecule has 0 aliphatic carbocycles. The van der Waals surface area contributed by atoms with Crippen LogP contribution >= 0.6 is 0 Å². The molecule has 1 fully saturated rings. The van der Waals surface area contributed by atoms with Gasteiger partial charge in [0.05, 0.1) is 12.7 Å². The number of anilines is 2. The highest BCUT2D eigenvalue weighted by molar-refractivity contribution is 5.80. The monoisotopic (exact) mass is 544 g/mol. The van der Waals surface area contributed by atoms with Crippen molar-refractivity contribution in [2.45, 2.75) is 25.6 Å². The van der Waals surface area contributed by atoms with Crippen LogP contribution in [0.15, 0.2) is 71.7 Å². The van der Waals surface area contributed by atoms with Gasteiger partial charge in [0.15, 0.2) is 6.29 Å². The molecular weight excluding hydrogens is 517 g/mol. The Morgan fingerprint density at radius 2 is 1.69 bits per heavy atom. The van der Waals surface area contributed by atoms with E-state index in [4.69, 9.17) is 9.57 Å². The number of piperazine rings is 1. The fourth-order valence-electron chi connectivity index (χ4n) is 4.63. The van der Waals surface area contributed by atoms with Gasteiger partial charge >= 0.3 is 12.1 Å². The number of para-hydroxylation sites is 1. The second-order valence-corrected chi connectivity index (χ2v) is 9.02. The number of hydroxylamine groups is 1. The molecule has 13 heteroatoms. The summed E-state index contributed by atoms with van der Waals surface area (Å²) >= 11 is 0. The SMILES string of the molecule is O=C(ON1c2cnn(CCOc3ccccc3)c(=O)c2N(Cc2ccccc2)C1N1CCNCC1)C(F)(F)F. The third-order valence-electron chi connectivity index (χ3n) is 6.41. The van der Waals surface area contributed by atoms with E-state index >= 15 is 0 Å². The van der Waals surface area contributed by atoms with Gasteiger partial charge in [0.25, 0.3) is 5.56 Å². The number of nitrogens with one attached hydrogen (secondary N) is 1. The van der Waals surface area contributed by atoms with Gasteiger partial charge in [0, 0.05) is 32.7 Å². The van der Waals surface area contributed by atoms with Crippen molar-refractivity contribution in [1.29, 1.82) is 0 Å². The van der Waals surface area contributed by atoms with Crippen molar-refractivity contribution in [3.05, 3.63) is 82.8 Å². The molecule has 3 aromatic rings. The van der Waals surface area contributed by atoms with E-state index in [9.17, 15) is 22.8 Å². The predicted octanol–water partition coefficient (Wildman–Crippen LogP) is 2.36. The van der Waals surface area contributed by atoms with E-state index in [0.29, 0.717) is 31.9 Å². The van der Waals surface area contributed by atoms with Crippen molar-refractivity contribution in [3.63, 3.8) is 0 Å². The van der Waals surface area contributed by atoms with Gasteiger partial charge in [-0.1, -0.05) is 48.5 Å². The third-order valence-corrected chi connectivity index (χ3v) is 6.41. The quantitative estimate of drug-likeness (QED) is 0.459. The molecular formula is C26H27F3N6O4. The van der Waals surface area contributed by atoms with E-state index < -0.39 is 24.0 Å². The van der Waals surface area contributed by atoms with E-state index in [-0.39, 0.29) is 31.1 Å². The Kier molecular flexibility index (Phi) is 7.70. The predicted molar refractivity (Wildman–Crippen MR) is 136 cm³/mol. The van der Waals surface area contributed by atoms with Gasteiger partial charge < -0.3 is 19.8 Å². The smallest absolute Gasteiger partial charge is 0.492 e. The number of aromatic nitrogens is 2. The van der Waals surface area contributed by atoms with Crippen molar-refractivity contribution in [2.75, 3.05) is 42.7 Å². The molecule has 0 amide bonds. The molecule has 206 valence electrons. The summed E-state index contributed by atoms with van der Waals surface area (Å²) in [6, 6.07) is 18.3. The van der Waals surface area contributed by atoms with Gasteiger partial charge in [0.2, 0.25) is 0 Å². The molecule has 2 aromatic carbocycles. The molecule has 1 unspecified atom stereocenters. The van der Waals surface area contributed by atoms with Crippen LogP contribution in [0.1, 0.15) is 5.56 Å². The molecule has 1 atom stereocenters. The van der Waals surface area contributed by atoms with Crippen LogP contribution in [-0.4, -0.2) is 65.9 Å². The fourth-order valence-corrected chi connectivity index (χ4v) is 4.63. The number of hydrogen-bond acceptors (Lipinski definition) is 9. The number of benzene rings is 2. The maximum absolute atomic E-state index is 13.7. The Hall–Kier alpha value is -4.10. The van der Waals surface area contributed by atoms with E-state index in [1.165, 1.54) is 10.9 Å². The first-order chi connectivity index (χ1) is 18.8. The standard InChI is InChI=1S/C26H27F3N6O4/c27-26(28,29)24(37)39-35-21-17-31-34(15-16-38-20-9-5-2-6-10-20)23(36)22(21)33(18-19-7-3-1-4-8-19)25(35)32-13-11-30-12-14-32/h1-10,17,25,30H,11-16,18H2. The minimum absolute atomic E-state index is 0.0164. The number of alkyl halides is 3. The number of halogens is 3. The van der Waals surface area contributed by atoms with Gasteiger partial charge in [-0.3, -0.25) is 9.69 Å². The summed E-state index contributed by atoms with van der Waals surface area (Å²) in [5, 5.41) is 8.24. The van der Waals surface area contributed by atoms with Crippen LogP contribution in [0.3, 0.4) is 0 Å². The number of rotatable bonds is 8. The lowest BCUT2D eigenvalue weighted by Gasteiger charge is -2.41. The number of nitrogens with zero attached hydrogens (tertiary/aromatic N) is 5. The highest BCUT2D eigenvalue weighted by atomic mass is 19.4. The minimum atomic E-state index is -5.22. The average molecular weight is 545 g/mol. The molecule has 1 aromatic heterocycles. The van der Waals surface area contributed by atoms with Crippen LogP contribution in [0, 0.1) is 0 Å². The van der Waals surface area contributed by atoms with Crippen molar-refractivity contribution in [2.24, 2.45) is 0 Å². The van der Waals surface area contributed by atoms with Crippen LogP contribution in [0.4, 0.5) is 24.5 Å². The zero-order chi connectivity index (χ0) is 27.4. The molecule has 1 N–H and O–H groups in total. The highest BCUT2D eigenvalue weighted by Gasteiger charge is 2.49. The summed E-state index contributed by atoms with van der Waals surface area (Å²) < 4.78 is 46.7. The first-order valence-corrected chi connectivity index (χ1v) is 12.4. The van der Waals surface area contributed by atoms with Gasteiger partial charge in [0.1, 0.15) is 23.7 Å². The molecule has 1 saturated heterocycles. The zero-order valence-electron chi connectivity index (χ0n) is 20.9. The topological polar surface area (TPSA) is 92.2 Å². The maximum atomic E-state index is 13.7. The molecule has 5 rings (SSSR count). The summed E-state index contributed by atoms with van der Waals surface area (Å²) in [6.45, 7) is 2.48. The van der Waals surface area contributed by atoms with Crippen LogP contribution in [0.5, 0.6) is 5.75 Å². The van der Waals surface area contributed by atoms with E-state index in [0.717, 1.165) is 10.6 Å². The molecule has 0 radical (unpaired) electrons.